The van der Waals surface area contributed by atoms with Gasteiger partial charge in [-0.2, -0.15) is 0 Å². The van der Waals surface area contributed by atoms with Crippen molar-refractivity contribution < 1.29 is 14.4 Å². The van der Waals surface area contributed by atoms with Gasteiger partial charge < -0.3 is 9.57 Å². The average molecular weight is 344 g/mol. The molecule has 124 valence electrons. The highest BCUT2D eigenvalue weighted by Crippen LogP contribution is 2.33. The van der Waals surface area contributed by atoms with Gasteiger partial charge in [0.1, 0.15) is 11.4 Å². The fourth-order valence-electron chi connectivity index (χ4n) is 2.56. The third-order valence-electron chi connectivity index (χ3n) is 3.86. The van der Waals surface area contributed by atoms with Gasteiger partial charge in [-0.3, -0.25) is 0 Å². The van der Waals surface area contributed by atoms with E-state index in [0.717, 1.165) is 29.7 Å². The zero-order valence-electron chi connectivity index (χ0n) is 13.6. The first-order valence-corrected chi connectivity index (χ1v) is 8.13. The summed E-state index contributed by atoms with van der Waals surface area (Å²) < 4.78 is 5.94. The highest BCUT2D eigenvalue weighted by molar-refractivity contribution is 6.30. The molecule has 0 amide bonds. The summed E-state index contributed by atoms with van der Waals surface area (Å²) in [6.45, 7) is 4.17. The molecule has 3 rings (SSSR count). The van der Waals surface area contributed by atoms with Crippen molar-refractivity contribution >= 4 is 23.8 Å². The quantitative estimate of drug-likeness (QED) is 0.463. The Labute approximate surface area is 146 Å². The summed E-state index contributed by atoms with van der Waals surface area (Å²) in [5.74, 6) is 0.358. The van der Waals surface area contributed by atoms with E-state index >= 15 is 0 Å². The minimum atomic E-state index is -0.545. The number of nitrogens with zero attached hydrogens (tertiary/aromatic N) is 1. The van der Waals surface area contributed by atoms with E-state index in [9.17, 15) is 4.79 Å². The van der Waals surface area contributed by atoms with E-state index in [4.69, 9.17) is 21.2 Å². The smallest absolute Gasteiger partial charge is 0.365 e. The number of ether oxygens (including phenoxy) is 1. The standard InChI is InChI=1S/C19H18ClNO3/c1-19(2)9-8-14-10-13(6-7-17(14)23-19)12-21-24-18(22)15-4-3-5-16(20)11-15/h3-7,10-12H,8-9H2,1-2H3. The maximum absolute atomic E-state index is 11.9. The van der Waals surface area contributed by atoms with Crippen LogP contribution >= 0.6 is 11.6 Å². The van der Waals surface area contributed by atoms with Crippen LogP contribution in [0.3, 0.4) is 0 Å². The van der Waals surface area contributed by atoms with Crippen LogP contribution in [0, 0.1) is 0 Å². The van der Waals surface area contributed by atoms with Crippen molar-refractivity contribution in [3.8, 4) is 5.75 Å². The first kappa shape index (κ1) is 16.5. The number of fused-ring (bicyclic) bond motifs is 1. The summed E-state index contributed by atoms with van der Waals surface area (Å²) in [6, 6.07) is 12.4. The summed E-state index contributed by atoms with van der Waals surface area (Å²) in [7, 11) is 0. The number of aryl methyl sites for hydroxylation is 1. The van der Waals surface area contributed by atoms with Crippen LogP contribution in [-0.2, 0) is 11.3 Å². The summed E-state index contributed by atoms with van der Waals surface area (Å²) in [6.07, 6.45) is 3.43. The maximum Gasteiger partial charge on any atom is 0.365 e. The van der Waals surface area contributed by atoms with Gasteiger partial charge in [-0.1, -0.05) is 22.8 Å². The third-order valence-corrected chi connectivity index (χ3v) is 4.10. The molecule has 0 fully saturated rings. The second-order valence-electron chi connectivity index (χ2n) is 6.35. The zero-order chi connectivity index (χ0) is 17.2. The Hall–Kier alpha value is -2.33. The molecule has 4 nitrogen and oxygen atoms in total. The Balaban J connectivity index is 1.66. The molecule has 0 bridgehead atoms. The summed E-state index contributed by atoms with van der Waals surface area (Å²) >= 11 is 5.85. The molecule has 0 saturated carbocycles. The van der Waals surface area contributed by atoms with Crippen molar-refractivity contribution in [1.82, 2.24) is 0 Å². The van der Waals surface area contributed by atoms with Crippen LogP contribution in [0.25, 0.3) is 0 Å². The maximum atomic E-state index is 11.9. The molecule has 0 spiro atoms. The fourth-order valence-corrected chi connectivity index (χ4v) is 2.75. The third kappa shape index (κ3) is 3.95. The van der Waals surface area contributed by atoms with Crippen molar-refractivity contribution in [2.24, 2.45) is 5.16 Å². The topological polar surface area (TPSA) is 47.9 Å². The van der Waals surface area contributed by atoms with Crippen molar-refractivity contribution in [2.45, 2.75) is 32.3 Å². The molecule has 1 heterocycles. The molecule has 0 aliphatic carbocycles. The number of hydrogen-bond acceptors (Lipinski definition) is 4. The fraction of sp³-hybridized carbons (Fsp3) is 0.263. The SMILES string of the molecule is CC1(C)CCc2cc(C=NOC(=O)c3cccc(Cl)c3)ccc2O1. The van der Waals surface area contributed by atoms with Crippen LogP contribution in [0.1, 0.15) is 41.8 Å². The summed E-state index contributed by atoms with van der Waals surface area (Å²) in [5.41, 5.74) is 2.23. The number of halogens is 1. The van der Waals surface area contributed by atoms with Gasteiger partial charge in [-0.15, -0.1) is 0 Å². The Morgan fingerprint density at radius 1 is 1.29 bits per heavy atom. The molecule has 0 atom stereocenters. The molecule has 24 heavy (non-hydrogen) atoms. The molecule has 2 aromatic rings. The van der Waals surface area contributed by atoms with E-state index in [-0.39, 0.29) is 5.60 Å². The Morgan fingerprint density at radius 2 is 2.12 bits per heavy atom. The largest absolute Gasteiger partial charge is 0.488 e. The molecular weight excluding hydrogens is 326 g/mol. The molecule has 0 aromatic heterocycles. The number of benzene rings is 2. The van der Waals surface area contributed by atoms with Gasteiger partial charge in [0.25, 0.3) is 0 Å². The number of oxime groups is 1. The minimum Gasteiger partial charge on any atom is -0.488 e. The predicted molar refractivity (Wildman–Crippen MR) is 93.9 cm³/mol. The van der Waals surface area contributed by atoms with Crippen molar-refractivity contribution in [3.05, 3.63) is 64.2 Å². The molecular formula is C19H18ClNO3. The lowest BCUT2D eigenvalue weighted by atomic mass is 9.93. The average Bonchev–Trinajstić information content (AvgIpc) is 2.54. The lowest BCUT2D eigenvalue weighted by molar-refractivity contribution is 0.0519. The molecule has 0 saturated heterocycles. The second-order valence-corrected chi connectivity index (χ2v) is 6.79. The van der Waals surface area contributed by atoms with Crippen LogP contribution < -0.4 is 4.74 Å². The number of rotatable bonds is 3. The molecule has 0 unspecified atom stereocenters. The van der Waals surface area contributed by atoms with Gasteiger partial charge in [0.15, 0.2) is 0 Å². The Kier molecular flexibility index (Phi) is 4.58. The molecule has 0 radical (unpaired) electrons. The molecule has 1 aliphatic heterocycles. The van der Waals surface area contributed by atoms with E-state index in [2.05, 4.69) is 19.0 Å². The van der Waals surface area contributed by atoms with Gasteiger partial charge in [-0.05, 0) is 74.2 Å². The first-order valence-electron chi connectivity index (χ1n) is 7.75. The van der Waals surface area contributed by atoms with E-state index in [1.54, 1.807) is 18.2 Å². The van der Waals surface area contributed by atoms with E-state index < -0.39 is 5.97 Å². The highest BCUT2D eigenvalue weighted by Gasteiger charge is 2.26. The van der Waals surface area contributed by atoms with Crippen LogP contribution in [0.15, 0.2) is 47.6 Å². The highest BCUT2D eigenvalue weighted by atomic mass is 35.5. The number of carbonyl (C=O) groups is 1. The minimum absolute atomic E-state index is 0.130. The number of carbonyl (C=O) groups excluding carboxylic acids is 1. The van der Waals surface area contributed by atoms with Crippen LogP contribution in [0.5, 0.6) is 5.75 Å². The monoisotopic (exact) mass is 343 g/mol. The van der Waals surface area contributed by atoms with Gasteiger partial charge in [-0.25, -0.2) is 4.79 Å². The summed E-state index contributed by atoms with van der Waals surface area (Å²) in [4.78, 5) is 16.8. The van der Waals surface area contributed by atoms with Crippen LogP contribution in [-0.4, -0.2) is 17.8 Å². The molecule has 0 N–H and O–H groups in total. The van der Waals surface area contributed by atoms with Gasteiger partial charge in [0.05, 0.1) is 11.8 Å². The Bertz CT molecular complexity index is 799. The lowest BCUT2D eigenvalue weighted by Gasteiger charge is -2.32. The van der Waals surface area contributed by atoms with Gasteiger partial charge >= 0.3 is 5.97 Å². The summed E-state index contributed by atoms with van der Waals surface area (Å²) in [5, 5.41) is 4.24. The zero-order valence-corrected chi connectivity index (χ0v) is 14.3. The van der Waals surface area contributed by atoms with Crippen molar-refractivity contribution in [2.75, 3.05) is 0 Å². The van der Waals surface area contributed by atoms with Crippen molar-refractivity contribution in [3.63, 3.8) is 0 Å². The Morgan fingerprint density at radius 3 is 2.92 bits per heavy atom. The van der Waals surface area contributed by atoms with Gasteiger partial charge in [0.2, 0.25) is 0 Å². The van der Waals surface area contributed by atoms with E-state index in [1.165, 1.54) is 12.3 Å². The van der Waals surface area contributed by atoms with Crippen molar-refractivity contribution in [1.29, 1.82) is 0 Å². The normalized spacial score (nSPS) is 15.6. The predicted octanol–water partition coefficient (Wildman–Crippen LogP) is 4.63. The van der Waals surface area contributed by atoms with E-state index in [1.807, 2.05) is 18.2 Å². The van der Waals surface area contributed by atoms with Gasteiger partial charge in [0, 0.05) is 5.02 Å². The lowest BCUT2D eigenvalue weighted by Crippen LogP contribution is -2.32. The van der Waals surface area contributed by atoms with Crippen LogP contribution in [0.4, 0.5) is 0 Å². The molecule has 5 heteroatoms. The second kappa shape index (κ2) is 6.65. The van der Waals surface area contributed by atoms with E-state index in [0.29, 0.717) is 10.6 Å². The molecule has 2 aromatic carbocycles. The molecule has 1 aliphatic rings. The first-order chi connectivity index (χ1) is 11.4. The van der Waals surface area contributed by atoms with Crippen LogP contribution in [0.2, 0.25) is 5.02 Å². The number of hydrogen-bond donors (Lipinski definition) is 0.